The van der Waals surface area contributed by atoms with Gasteiger partial charge in [0.05, 0.1) is 25.8 Å². The molecule has 2 bridgehead atoms. The van der Waals surface area contributed by atoms with Crippen molar-refractivity contribution < 1.29 is 56.3 Å². The number of alkyl halides is 4. The third-order valence-corrected chi connectivity index (χ3v) is 5.11. The Morgan fingerprint density at radius 3 is 2.54 bits per heavy atom. The minimum absolute atomic E-state index is 0.0102. The average molecular weight is 514 g/mol. The molecule has 198 valence electrons. The maximum Gasteiger partial charge on any atom is 0.490 e. The Bertz CT molecular complexity index is 834. The van der Waals surface area contributed by atoms with Gasteiger partial charge in [-0.05, 0) is 38.8 Å². The van der Waals surface area contributed by atoms with Crippen LogP contribution >= 0.6 is 0 Å². The van der Waals surface area contributed by atoms with Gasteiger partial charge in [-0.25, -0.2) is 29.1 Å². The number of amides is 3. The molecule has 0 saturated carbocycles. The summed E-state index contributed by atoms with van der Waals surface area (Å²) in [5.41, 5.74) is 2.98. The minimum Gasteiger partial charge on any atom is -0.475 e. The number of hydrogen-bond acceptors (Lipinski definition) is 8. The molecule has 3 N–H and O–H groups in total. The van der Waals surface area contributed by atoms with E-state index in [2.05, 4.69) is 15.5 Å². The molecule has 3 aliphatic rings. The molecular formula is C19H26F4N4O8. The van der Waals surface area contributed by atoms with Crippen LogP contribution in [0.15, 0.2) is 11.6 Å². The van der Waals surface area contributed by atoms with E-state index in [1.165, 1.54) is 11.8 Å². The van der Waals surface area contributed by atoms with Crippen molar-refractivity contribution >= 4 is 23.9 Å². The van der Waals surface area contributed by atoms with Gasteiger partial charge in [0.1, 0.15) is 6.04 Å². The number of nitrogens with zero attached hydrogens (tertiary/aromatic N) is 2. The molecular weight excluding hydrogens is 488 g/mol. The van der Waals surface area contributed by atoms with Gasteiger partial charge in [0.2, 0.25) is 0 Å². The molecule has 0 aromatic carbocycles. The van der Waals surface area contributed by atoms with Crippen molar-refractivity contribution in [2.45, 2.75) is 57.3 Å². The number of esters is 1. The van der Waals surface area contributed by atoms with Crippen LogP contribution in [0, 0.1) is 0 Å². The summed E-state index contributed by atoms with van der Waals surface area (Å²) in [4.78, 5) is 56.8. The number of halogens is 4. The van der Waals surface area contributed by atoms with Crippen molar-refractivity contribution in [3.63, 3.8) is 0 Å². The lowest BCUT2D eigenvalue weighted by atomic mass is 10.0. The van der Waals surface area contributed by atoms with Gasteiger partial charge in [-0.1, -0.05) is 6.08 Å². The number of carbonyl (C=O) groups excluding carboxylic acids is 3. The molecule has 0 aromatic rings. The molecule has 3 aliphatic heterocycles. The fourth-order valence-electron chi connectivity index (χ4n) is 3.59. The zero-order chi connectivity index (χ0) is 26.3. The second-order valence-corrected chi connectivity index (χ2v) is 7.69. The van der Waals surface area contributed by atoms with E-state index in [9.17, 15) is 31.9 Å². The molecule has 2 fully saturated rings. The summed E-state index contributed by atoms with van der Waals surface area (Å²) in [6.45, 7) is 4.60. The molecule has 16 heteroatoms. The number of hydroxylamine groups is 3. The van der Waals surface area contributed by atoms with Crippen LogP contribution in [0.25, 0.3) is 0 Å². The SMILES string of the molecule is CCOC(=O)[C@H](F)ON1C(=O)N2C[C@H]1C=C(C)[C@H]2C(=O)NOC[C@@H]1CCCN1.O=C(O)C(F)(F)F. The van der Waals surface area contributed by atoms with Crippen LogP contribution < -0.4 is 10.8 Å². The Hall–Kier alpha value is -2.98. The quantitative estimate of drug-likeness (QED) is 0.184. The third-order valence-electron chi connectivity index (χ3n) is 5.11. The minimum atomic E-state index is -5.08. The van der Waals surface area contributed by atoms with Gasteiger partial charge in [-0.2, -0.15) is 18.2 Å². The molecule has 0 unspecified atom stereocenters. The number of carboxylic acid groups (broad SMARTS) is 1. The number of urea groups is 1. The van der Waals surface area contributed by atoms with Gasteiger partial charge in [-0.15, -0.1) is 0 Å². The van der Waals surface area contributed by atoms with E-state index in [0.29, 0.717) is 12.2 Å². The van der Waals surface area contributed by atoms with Gasteiger partial charge < -0.3 is 20.1 Å². The van der Waals surface area contributed by atoms with Crippen molar-refractivity contribution in [2.75, 3.05) is 26.3 Å². The Labute approximate surface area is 197 Å². The van der Waals surface area contributed by atoms with Crippen LogP contribution in [0.5, 0.6) is 0 Å². The molecule has 0 spiro atoms. The smallest absolute Gasteiger partial charge is 0.475 e. The van der Waals surface area contributed by atoms with Gasteiger partial charge >= 0.3 is 30.5 Å². The van der Waals surface area contributed by atoms with Crippen molar-refractivity contribution in [1.29, 1.82) is 0 Å². The standard InChI is InChI=1S/C17H25FN4O6.C2HF3O2/c1-3-26-16(24)14(18)28-22-12-7-10(2)13(21(8-12)17(22)25)15(23)20-27-9-11-5-4-6-19-11;3-2(4,5)1(6)7/h7,11-14,19H,3-6,8-9H2,1-2H3,(H,20,23);(H,6,7)/t11-,12+,13-,14+;/m0./s1. The highest BCUT2D eigenvalue weighted by Gasteiger charge is 2.49. The highest BCUT2D eigenvalue weighted by molar-refractivity contribution is 5.91. The van der Waals surface area contributed by atoms with E-state index in [4.69, 9.17) is 19.6 Å². The topological polar surface area (TPSA) is 147 Å². The molecule has 3 amide bonds. The van der Waals surface area contributed by atoms with Gasteiger partial charge in [-0.3, -0.25) is 9.63 Å². The Morgan fingerprint density at radius 2 is 2.00 bits per heavy atom. The lowest BCUT2D eigenvalue weighted by Gasteiger charge is -2.29. The summed E-state index contributed by atoms with van der Waals surface area (Å²) >= 11 is 0. The van der Waals surface area contributed by atoms with Crippen LogP contribution in [0.3, 0.4) is 0 Å². The molecule has 3 heterocycles. The highest BCUT2D eigenvalue weighted by Crippen LogP contribution is 2.30. The van der Waals surface area contributed by atoms with Crippen molar-refractivity contribution in [3.8, 4) is 0 Å². The largest absolute Gasteiger partial charge is 0.490 e. The number of carbonyl (C=O) groups is 4. The molecule has 0 aliphatic carbocycles. The zero-order valence-corrected chi connectivity index (χ0v) is 18.8. The summed E-state index contributed by atoms with van der Waals surface area (Å²) in [7, 11) is 0. The first-order valence-electron chi connectivity index (χ1n) is 10.6. The predicted octanol–water partition coefficient (Wildman–Crippen LogP) is 0.645. The number of aliphatic carboxylic acids is 1. The van der Waals surface area contributed by atoms with Crippen LogP contribution in [0.1, 0.15) is 26.7 Å². The second kappa shape index (κ2) is 12.1. The number of ether oxygens (including phenoxy) is 1. The number of fused-ring (bicyclic) bond motifs is 2. The number of carboxylic acids is 1. The number of rotatable bonds is 8. The summed E-state index contributed by atoms with van der Waals surface area (Å²) in [6.07, 6.45) is -3.83. The van der Waals surface area contributed by atoms with Crippen LogP contribution in [-0.4, -0.2) is 95.9 Å². The molecule has 12 nitrogen and oxygen atoms in total. The van der Waals surface area contributed by atoms with E-state index in [1.807, 2.05) is 0 Å². The van der Waals surface area contributed by atoms with Gasteiger partial charge in [0.25, 0.3) is 5.91 Å². The Balaban J connectivity index is 0.000000540. The molecule has 35 heavy (non-hydrogen) atoms. The van der Waals surface area contributed by atoms with E-state index in [0.717, 1.165) is 24.4 Å². The molecule has 4 atom stereocenters. The monoisotopic (exact) mass is 514 g/mol. The van der Waals surface area contributed by atoms with Crippen molar-refractivity contribution in [2.24, 2.45) is 0 Å². The summed E-state index contributed by atoms with van der Waals surface area (Å²) in [6, 6.07) is -2.01. The maximum absolute atomic E-state index is 13.9. The van der Waals surface area contributed by atoms with E-state index < -0.39 is 48.5 Å². The van der Waals surface area contributed by atoms with E-state index in [-0.39, 0.29) is 19.2 Å². The Kier molecular flexibility index (Phi) is 9.79. The summed E-state index contributed by atoms with van der Waals surface area (Å²) in [5, 5.41) is 11.1. The maximum atomic E-state index is 13.9. The van der Waals surface area contributed by atoms with Gasteiger partial charge in [0.15, 0.2) is 0 Å². The van der Waals surface area contributed by atoms with Crippen LogP contribution in [-0.2, 0) is 28.8 Å². The highest BCUT2D eigenvalue weighted by atomic mass is 19.4. The molecule has 3 rings (SSSR count). The van der Waals surface area contributed by atoms with Crippen molar-refractivity contribution in [3.05, 3.63) is 11.6 Å². The fraction of sp³-hybridized carbons (Fsp3) is 0.684. The predicted molar refractivity (Wildman–Crippen MR) is 107 cm³/mol. The molecule has 2 saturated heterocycles. The normalized spacial score (nSPS) is 24.3. The van der Waals surface area contributed by atoms with E-state index in [1.54, 1.807) is 13.0 Å². The molecule has 0 radical (unpaired) electrons. The van der Waals surface area contributed by atoms with Crippen molar-refractivity contribution in [1.82, 2.24) is 20.8 Å². The third kappa shape index (κ3) is 7.50. The fourth-order valence-corrected chi connectivity index (χ4v) is 3.59. The van der Waals surface area contributed by atoms with Gasteiger partial charge in [0, 0.05) is 6.04 Å². The van der Waals surface area contributed by atoms with Crippen LogP contribution in [0.4, 0.5) is 22.4 Å². The zero-order valence-electron chi connectivity index (χ0n) is 18.8. The number of nitrogens with one attached hydrogen (secondary N) is 2. The first-order valence-corrected chi connectivity index (χ1v) is 10.6. The van der Waals surface area contributed by atoms with E-state index >= 15 is 0 Å². The summed E-state index contributed by atoms with van der Waals surface area (Å²) in [5.74, 6) is -4.47. The number of hydrogen-bond donors (Lipinski definition) is 3. The first-order chi connectivity index (χ1) is 16.4. The molecule has 0 aromatic heterocycles. The Morgan fingerprint density at radius 1 is 1.34 bits per heavy atom. The average Bonchev–Trinajstić information content (AvgIpc) is 3.36. The first kappa shape index (κ1) is 28.3. The second-order valence-electron chi connectivity index (χ2n) is 7.69. The van der Waals surface area contributed by atoms with Crippen LogP contribution in [0.2, 0.25) is 0 Å². The lowest BCUT2D eigenvalue weighted by Crippen LogP contribution is -2.50. The summed E-state index contributed by atoms with van der Waals surface area (Å²) < 4.78 is 50.2. The lowest BCUT2D eigenvalue weighted by molar-refractivity contribution is -0.223.